The van der Waals surface area contributed by atoms with Crippen LogP contribution in [0.5, 0.6) is 5.75 Å². The van der Waals surface area contributed by atoms with Crippen LogP contribution in [0, 0.1) is 10.1 Å². The first-order chi connectivity index (χ1) is 13.2. The first-order valence-corrected chi connectivity index (χ1v) is 9.45. The molecule has 0 bridgehead atoms. The average Bonchev–Trinajstić information content (AvgIpc) is 3.11. The lowest BCUT2D eigenvalue weighted by molar-refractivity contribution is -0.384. The molecule has 0 aliphatic carbocycles. The van der Waals surface area contributed by atoms with Gasteiger partial charge in [-0.25, -0.2) is 4.98 Å². The molecule has 0 fully saturated rings. The van der Waals surface area contributed by atoms with Crippen LogP contribution in [0.25, 0.3) is 22.6 Å². The Bertz CT molecular complexity index is 887. The van der Waals surface area contributed by atoms with Crippen molar-refractivity contribution >= 4 is 16.8 Å². The fourth-order valence-corrected chi connectivity index (χ4v) is 2.92. The molecule has 2 aromatic carbocycles. The van der Waals surface area contributed by atoms with Gasteiger partial charge in [0.15, 0.2) is 5.58 Å². The summed E-state index contributed by atoms with van der Waals surface area (Å²) in [6.07, 6.45) is 7.42. The Kier molecular flexibility index (Phi) is 6.41. The van der Waals surface area contributed by atoms with E-state index < -0.39 is 4.92 Å². The number of hydrogen-bond donors (Lipinski definition) is 0. The number of aromatic nitrogens is 1. The molecule has 0 unspecified atom stereocenters. The Hall–Kier alpha value is -2.89. The number of fused-ring (bicyclic) bond motifs is 1. The highest BCUT2D eigenvalue weighted by molar-refractivity contribution is 5.78. The van der Waals surface area contributed by atoms with E-state index in [9.17, 15) is 10.1 Å². The Labute approximate surface area is 158 Å². The predicted octanol–water partition coefficient (Wildman–Crippen LogP) is 6.14. The molecule has 27 heavy (non-hydrogen) atoms. The zero-order valence-corrected chi connectivity index (χ0v) is 15.5. The first kappa shape index (κ1) is 18.9. The topological polar surface area (TPSA) is 78.4 Å². The van der Waals surface area contributed by atoms with Crippen molar-refractivity contribution in [2.24, 2.45) is 0 Å². The third kappa shape index (κ3) is 5.06. The second-order valence-electron chi connectivity index (χ2n) is 6.57. The molecule has 1 heterocycles. The van der Waals surface area contributed by atoms with Gasteiger partial charge < -0.3 is 9.15 Å². The molecule has 0 atom stereocenters. The van der Waals surface area contributed by atoms with Crippen molar-refractivity contribution < 1.29 is 14.1 Å². The second-order valence-corrected chi connectivity index (χ2v) is 6.57. The van der Waals surface area contributed by atoms with Crippen LogP contribution < -0.4 is 4.74 Å². The third-order valence-corrected chi connectivity index (χ3v) is 4.45. The minimum absolute atomic E-state index is 0.000733. The van der Waals surface area contributed by atoms with Gasteiger partial charge in [-0.2, -0.15) is 0 Å². The van der Waals surface area contributed by atoms with Crippen molar-refractivity contribution in [1.29, 1.82) is 0 Å². The van der Waals surface area contributed by atoms with E-state index in [4.69, 9.17) is 9.15 Å². The molecule has 0 radical (unpaired) electrons. The van der Waals surface area contributed by atoms with E-state index in [0.717, 1.165) is 24.3 Å². The van der Waals surface area contributed by atoms with Crippen LogP contribution in [-0.2, 0) is 0 Å². The molecule has 0 N–H and O–H groups in total. The lowest BCUT2D eigenvalue weighted by atomic mass is 10.1. The van der Waals surface area contributed by atoms with Crippen LogP contribution in [0.2, 0.25) is 0 Å². The summed E-state index contributed by atoms with van der Waals surface area (Å²) in [7, 11) is 0. The Balaban J connectivity index is 1.57. The number of oxazole rings is 1. The number of non-ortho nitro benzene ring substituents is 1. The Morgan fingerprint density at radius 3 is 2.52 bits per heavy atom. The number of ether oxygens (including phenoxy) is 1. The van der Waals surface area contributed by atoms with E-state index >= 15 is 0 Å². The van der Waals surface area contributed by atoms with Crippen molar-refractivity contribution in [1.82, 2.24) is 4.98 Å². The van der Waals surface area contributed by atoms with Gasteiger partial charge >= 0.3 is 0 Å². The van der Waals surface area contributed by atoms with Gasteiger partial charge in [-0.1, -0.05) is 39.0 Å². The summed E-state index contributed by atoms with van der Waals surface area (Å²) in [5.74, 6) is 1.26. The van der Waals surface area contributed by atoms with E-state index in [1.807, 2.05) is 24.3 Å². The molecular weight excluding hydrogens is 344 g/mol. The van der Waals surface area contributed by atoms with Crippen LogP contribution in [-0.4, -0.2) is 16.5 Å². The number of benzene rings is 2. The maximum Gasteiger partial charge on any atom is 0.271 e. The van der Waals surface area contributed by atoms with Crippen LogP contribution in [0.3, 0.4) is 0 Å². The van der Waals surface area contributed by atoms with E-state index in [1.54, 1.807) is 6.07 Å². The lowest BCUT2D eigenvalue weighted by Gasteiger charge is -2.06. The molecule has 142 valence electrons. The number of rotatable bonds is 10. The van der Waals surface area contributed by atoms with Crippen LogP contribution >= 0.6 is 0 Å². The predicted molar refractivity (Wildman–Crippen MR) is 105 cm³/mol. The standard InChI is InChI=1S/C21H24N2O4/c1-2-3-4-5-6-7-14-26-18-11-8-16(9-12-18)21-22-19-15-17(23(24)25)10-13-20(19)27-21/h8-13,15H,2-7,14H2,1H3. The van der Waals surface area contributed by atoms with Crippen LogP contribution in [0.15, 0.2) is 46.9 Å². The maximum atomic E-state index is 10.9. The fourth-order valence-electron chi connectivity index (χ4n) is 2.92. The van der Waals surface area contributed by atoms with E-state index in [0.29, 0.717) is 17.0 Å². The smallest absolute Gasteiger partial charge is 0.271 e. The number of unbranched alkanes of at least 4 members (excludes halogenated alkanes) is 5. The van der Waals surface area contributed by atoms with Gasteiger partial charge in [0.2, 0.25) is 5.89 Å². The van der Waals surface area contributed by atoms with Crippen molar-refractivity contribution in [2.45, 2.75) is 45.4 Å². The summed E-state index contributed by atoms with van der Waals surface area (Å²) in [5, 5.41) is 10.9. The zero-order valence-electron chi connectivity index (χ0n) is 15.5. The largest absolute Gasteiger partial charge is 0.494 e. The molecule has 0 aliphatic heterocycles. The third-order valence-electron chi connectivity index (χ3n) is 4.45. The highest BCUT2D eigenvalue weighted by Crippen LogP contribution is 2.28. The summed E-state index contributed by atoms with van der Waals surface area (Å²) < 4.78 is 11.5. The lowest BCUT2D eigenvalue weighted by Crippen LogP contribution is -1.97. The van der Waals surface area contributed by atoms with Gasteiger partial charge in [0.1, 0.15) is 11.3 Å². The second kappa shape index (κ2) is 9.16. The van der Waals surface area contributed by atoms with Crippen molar-refractivity contribution in [3.63, 3.8) is 0 Å². The Morgan fingerprint density at radius 1 is 1.04 bits per heavy atom. The normalized spacial score (nSPS) is 11.0. The molecule has 0 saturated carbocycles. The first-order valence-electron chi connectivity index (χ1n) is 9.45. The van der Waals surface area contributed by atoms with Gasteiger partial charge in [-0.05, 0) is 36.8 Å². The summed E-state index contributed by atoms with van der Waals surface area (Å²) >= 11 is 0. The molecule has 6 heteroatoms. The maximum absolute atomic E-state index is 10.9. The number of nitro benzene ring substituents is 1. The number of hydrogen-bond acceptors (Lipinski definition) is 5. The summed E-state index contributed by atoms with van der Waals surface area (Å²) in [6, 6.07) is 12.0. The van der Waals surface area contributed by atoms with Crippen molar-refractivity contribution in [3.8, 4) is 17.2 Å². The van der Waals surface area contributed by atoms with Crippen LogP contribution in [0.1, 0.15) is 45.4 Å². The molecule has 0 amide bonds. The number of nitro groups is 1. The quantitative estimate of drug-likeness (QED) is 0.244. The summed E-state index contributed by atoms with van der Waals surface area (Å²) in [6.45, 7) is 2.94. The minimum Gasteiger partial charge on any atom is -0.494 e. The van der Waals surface area contributed by atoms with E-state index in [1.165, 1.54) is 44.2 Å². The number of nitrogens with zero attached hydrogens (tertiary/aromatic N) is 2. The van der Waals surface area contributed by atoms with Crippen LogP contribution in [0.4, 0.5) is 5.69 Å². The van der Waals surface area contributed by atoms with E-state index in [-0.39, 0.29) is 5.69 Å². The molecule has 3 rings (SSSR count). The molecular formula is C21H24N2O4. The molecule has 0 spiro atoms. The monoisotopic (exact) mass is 368 g/mol. The van der Waals surface area contributed by atoms with Gasteiger partial charge in [0.25, 0.3) is 5.69 Å². The Morgan fingerprint density at radius 2 is 1.78 bits per heavy atom. The molecule has 1 aromatic heterocycles. The average molecular weight is 368 g/mol. The highest BCUT2D eigenvalue weighted by atomic mass is 16.6. The SMILES string of the molecule is CCCCCCCCOc1ccc(-c2nc3cc([N+](=O)[O-])ccc3o2)cc1. The van der Waals surface area contributed by atoms with Gasteiger partial charge in [0.05, 0.1) is 11.5 Å². The zero-order chi connectivity index (χ0) is 19.1. The molecule has 6 nitrogen and oxygen atoms in total. The van der Waals surface area contributed by atoms with Crippen molar-refractivity contribution in [3.05, 3.63) is 52.6 Å². The van der Waals surface area contributed by atoms with Gasteiger partial charge in [0, 0.05) is 17.7 Å². The molecule has 0 saturated heterocycles. The van der Waals surface area contributed by atoms with Gasteiger partial charge in [-0.15, -0.1) is 0 Å². The highest BCUT2D eigenvalue weighted by Gasteiger charge is 2.12. The van der Waals surface area contributed by atoms with E-state index in [2.05, 4.69) is 11.9 Å². The van der Waals surface area contributed by atoms with Crippen molar-refractivity contribution in [2.75, 3.05) is 6.61 Å². The summed E-state index contributed by atoms with van der Waals surface area (Å²) in [4.78, 5) is 14.8. The summed E-state index contributed by atoms with van der Waals surface area (Å²) in [5.41, 5.74) is 1.81. The molecule has 3 aromatic rings. The minimum atomic E-state index is -0.441. The fraction of sp³-hybridized carbons (Fsp3) is 0.381. The molecule has 0 aliphatic rings. The van der Waals surface area contributed by atoms with Gasteiger partial charge in [-0.3, -0.25) is 10.1 Å².